The number of nitrogen functional groups attached to an aromatic ring is 1. The highest BCUT2D eigenvalue weighted by Crippen LogP contribution is 2.20. The second-order valence-electron chi connectivity index (χ2n) is 5.45. The summed E-state index contributed by atoms with van der Waals surface area (Å²) in [5.41, 5.74) is -0.139. The molecule has 2 aromatic carbocycles. The lowest BCUT2D eigenvalue weighted by molar-refractivity contribution is -0.113. The lowest BCUT2D eigenvalue weighted by atomic mass is 10.3. The molecule has 7 nitrogen and oxygen atoms in total. The predicted molar refractivity (Wildman–Crippen MR) is 96.6 cm³/mol. The number of nitrogens with one attached hydrogen (secondary N) is 1. The smallest absolute Gasteiger partial charge is 0.234 e. The van der Waals surface area contributed by atoms with Crippen molar-refractivity contribution in [1.82, 2.24) is 14.9 Å². The minimum absolute atomic E-state index is 0.0420. The third-order valence-electron chi connectivity index (χ3n) is 3.47. The van der Waals surface area contributed by atoms with Crippen LogP contribution in [0.25, 0.3) is 0 Å². The monoisotopic (exact) mass is 409 g/mol. The third kappa shape index (κ3) is 4.74. The Morgan fingerprint density at radius 1 is 1.14 bits per heavy atom. The number of rotatable bonds is 7. The van der Waals surface area contributed by atoms with E-state index >= 15 is 0 Å². The molecule has 3 aromatic rings. The summed E-state index contributed by atoms with van der Waals surface area (Å²) in [6, 6.07) is 8.69. The average molecular weight is 409 g/mol. The van der Waals surface area contributed by atoms with Crippen molar-refractivity contribution in [2.45, 2.75) is 11.8 Å². The van der Waals surface area contributed by atoms with Crippen LogP contribution in [-0.2, 0) is 11.4 Å². The molecule has 1 aromatic heterocycles. The maximum absolute atomic E-state index is 13.5. The van der Waals surface area contributed by atoms with Gasteiger partial charge in [0.25, 0.3) is 0 Å². The van der Waals surface area contributed by atoms with Crippen molar-refractivity contribution >= 4 is 23.4 Å². The molecule has 0 bridgehead atoms. The molecule has 3 N–H and O–H groups in total. The molecule has 0 unspecified atom stereocenters. The van der Waals surface area contributed by atoms with Crippen LogP contribution in [0.2, 0.25) is 0 Å². The van der Waals surface area contributed by atoms with Gasteiger partial charge in [-0.1, -0.05) is 23.9 Å². The summed E-state index contributed by atoms with van der Waals surface area (Å²) >= 11 is 0.955. The molecule has 3 rings (SSSR count). The molecule has 11 heteroatoms. The summed E-state index contributed by atoms with van der Waals surface area (Å²) in [5.74, 6) is 3.28. The number of anilines is 1. The van der Waals surface area contributed by atoms with Crippen LogP contribution in [0.4, 0.5) is 18.9 Å². The zero-order valence-corrected chi connectivity index (χ0v) is 15.0. The summed E-state index contributed by atoms with van der Waals surface area (Å²) in [6.45, 7) is -0.127. The maximum Gasteiger partial charge on any atom is 0.234 e. The number of nitrogens with two attached hydrogens (primary N) is 1. The Balaban J connectivity index is 1.55. The average Bonchev–Trinajstić information content (AvgIpc) is 3.01. The van der Waals surface area contributed by atoms with Crippen molar-refractivity contribution in [3.05, 3.63) is 65.7 Å². The van der Waals surface area contributed by atoms with Gasteiger partial charge in [0.05, 0.1) is 11.4 Å². The number of halogens is 3. The van der Waals surface area contributed by atoms with E-state index in [2.05, 4.69) is 15.5 Å². The van der Waals surface area contributed by atoms with E-state index in [1.165, 1.54) is 18.2 Å². The topological polar surface area (TPSA) is 95.1 Å². The van der Waals surface area contributed by atoms with Gasteiger partial charge in [-0.25, -0.2) is 17.8 Å². The maximum atomic E-state index is 13.5. The molecule has 146 valence electrons. The molecule has 1 amide bonds. The van der Waals surface area contributed by atoms with Crippen LogP contribution in [0.1, 0.15) is 5.82 Å². The van der Waals surface area contributed by atoms with Gasteiger partial charge in [-0.15, -0.1) is 10.2 Å². The lowest BCUT2D eigenvalue weighted by Crippen LogP contribution is -2.18. The Morgan fingerprint density at radius 3 is 2.68 bits per heavy atom. The highest BCUT2D eigenvalue weighted by atomic mass is 32.2. The molecule has 0 radical (unpaired) electrons. The van der Waals surface area contributed by atoms with Crippen molar-refractivity contribution in [2.24, 2.45) is 0 Å². The molecule has 0 atom stereocenters. The van der Waals surface area contributed by atoms with Crippen LogP contribution >= 0.6 is 11.8 Å². The summed E-state index contributed by atoms with van der Waals surface area (Å²) in [4.78, 5) is 11.9. The zero-order valence-electron chi connectivity index (χ0n) is 14.2. The van der Waals surface area contributed by atoms with E-state index in [9.17, 15) is 18.0 Å². The van der Waals surface area contributed by atoms with Crippen LogP contribution in [-0.4, -0.2) is 26.5 Å². The Labute approximate surface area is 161 Å². The van der Waals surface area contributed by atoms with Crippen LogP contribution in [0.3, 0.4) is 0 Å². The fourth-order valence-electron chi connectivity index (χ4n) is 2.12. The number of carbonyl (C=O) groups is 1. The van der Waals surface area contributed by atoms with Gasteiger partial charge in [-0.05, 0) is 24.3 Å². The number of nitrogens with zero attached hydrogens (tertiary/aromatic N) is 3. The molecular weight excluding hydrogens is 395 g/mol. The van der Waals surface area contributed by atoms with Gasteiger partial charge in [-0.3, -0.25) is 4.79 Å². The Hall–Kier alpha value is -3.21. The van der Waals surface area contributed by atoms with Gasteiger partial charge in [0.1, 0.15) is 18.2 Å². The fourth-order valence-corrected chi connectivity index (χ4v) is 2.79. The molecule has 28 heavy (non-hydrogen) atoms. The van der Waals surface area contributed by atoms with E-state index in [-0.39, 0.29) is 34.8 Å². The van der Waals surface area contributed by atoms with E-state index in [4.69, 9.17) is 10.6 Å². The second kappa shape index (κ2) is 8.65. The van der Waals surface area contributed by atoms with Crippen molar-refractivity contribution in [2.75, 3.05) is 16.9 Å². The standard InChI is InChI=1S/C17H14F3N5O2S/c18-10-5-6-13(12(20)7-10)22-16(26)9-28-17-24-23-15(25(17)21)8-27-14-4-2-1-3-11(14)19/h1-7H,8-9,21H2,(H,22,26). The van der Waals surface area contributed by atoms with Crippen molar-refractivity contribution in [3.63, 3.8) is 0 Å². The quantitative estimate of drug-likeness (QED) is 0.460. The Bertz CT molecular complexity index is 999. The number of para-hydroxylation sites is 1. The van der Waals surface area contributed by atoms with E-state index < -0.39 is 23.4 Å². The highest BCUT2D eigenvalue weighted by molar-refractivity contribution is 7.99. The molecule has 0 aliphatic heterocycles. The number of aromatic nitrogens is 3. The van der Waals surface area contributed by atoms with Crippen molar-refractivity contribution in [1.29, 1.82) is 0 Å². The largest absolute Gasteiger partial charge is 0.482 e. The Morgan fingerprint density at radius 2 is 1.93 bits per heavy atom. The first-order valence-corrected chi connectivity index (χ1v) is 8.87. The van der Waals surface area contributed by atoms with Crippen molar-refractivity contribution < 1.29 is 22.7 Å². The minimum Gasteiger partial charge on any atom is -0.482 e. The SMILES string of the molecule is Nn1c(COc2ccccc2F)nnc1SCC(=O)Nc1ccc(F)cc1F. The molecule has 0 spiro atoms. The first-order chi connectivity index (χ1) is 13.4. The molecule has 0 fully saturated rings. The van der Waals surface area contributed by atoms with E-state index in [1.54, 1.807) is 6.07 Å². The highest BCUT2D eigenvalue weighted by Gasteiger charge is 2.14. The van der Waals surface area contributed by atoms with Crippen LogP contribution in [0.5, 0.6) is 5.75 Å². The van der Waals surface area contributed by atoms with Gasteiger partial charge in [0.2, 0.25) is 11.1 Å². The van der Waals surface area contributed by atoms with Crippen LogP contribution < -0.4 is 15.9 Å². The number of hydrogen-bond donors (Lipinski definition) is 2. The lowest BCUT2D eigenvalue weighted by Gasteiger charge is -2.07. The van der Waals surface area contributed by atoms with Crippen LogP contribution in [0, 0.1) is 17.5 Å². The van der Waals surface area contributed by atoms with Gasteiger partial charge < -0.3 is 15.9 Å². The second-order valence-corrected chi connectivity index (χ2v) is 6.39. The first kappa shape index (κ1) is 19.5. The van der Waals surface area contributed by atoms with Gasteiger partial charge >= 0.3 is 0 Å². The van der Waals surface area contributed by atoms with Gasteiger partial charge in [0.15, 0.2) is 17.4 Å². The number of ether oxygens (including phenoxy) is 1. The summed E-state index contributed by atoms with van der Waals surface area (Å²) < 4.78 is 46.4. The minimum atomic E-state index is -0.882. The number of hydrogen-bond acceptors (Lipinski definition) is 6. The van der Waals surface area contributed by atoms with Gasteiger partial charge in [-0.2, -0.15) is 0 Å². The number of amides is 1. The number of carbonyl (C=O) groups excluding carboxylic acids is 1. The summed E-state index contributed by atoms with van der Waals surface area (Å²) in [5, 5.41) is 10.2. The molecule has 1 heterocycles. The number of thioether (sulfide) groups is 1. The third-order valence-corrected chi connectivity index (χ3v) is 4.41. The van der Waals surface area contributed by atoms with E-state index in [0.29, 0.717) is 6.07 Å². The molecular formula is C17H14F3N5O2S. The molecule has 0 aliphatic carbocycles. The number of benzene rings is 2. The summed E-state index contributed by atoms with van der Waals surface area (Å²) in [6.07, 6.45) is 0. The first-order valence-electron chi connectivity index (χ1n) is 7.88. The summed E-state index contributed by atoms with van der Waals surface area (Å²) in [7, 11) is 0. The molecule has 0 saturated heterocycles. The van der Waals surface area contributed by atoms with Crippen LogP contribution in [0.15, 0.2) is 47.6 Å². The predicted octanol–water partition coefficient (Wildman–Crippen LogP) is 2.72. The fraction of sp³-hybridized carbons (Fsp3) is 0.118. The zero-order chi connectivity index (χ0) is 20.1. The molecule has 0 aliphatic rings. The van der Waals surface area contributed by atoms with E-state index in [1.807, 2.05) is 0 Å². The van der Waals surface area contributed by atoms with Gasteiger partial charge in [0, 0.05) is 6.07 Å². The van der Waals surface area contributed by atoms with E-state index in [0.717, 1.165) is 28.6 Å². The normalized spacial score (nSPS) is 10.7. The van der Waals surface area contributed by atoms with Crippen molar-refractivity contribution in [3.8, 4) is 5.75 Å². The Kier molecular flexibility index (Phi) is 6.04. The molecule has 0 saturated carbocycles.